The average Bonchev–Trinajstić information content (AvgIpc) is 2.88. The van der Waals surface area contributed by atoms with Crippen LogP contribution in [0.15, 0.2) is 30.5 Å². The van der Waals surface area contributed by atoms with E-state index in [2.05, 4.69) is 9.97 Å². The molecule has 100 valence electrons. The molecule has 2 aromatic rings. The number of carboxylic acids is 1. The smallest absolute Gasteiger partial charge is 0.304 e. The second-order valence-electron chi connectivity index (χ2n) is 4.41. The lowest BCUT2D eigenvalue weighted by Crippen LogP contribution is -2.04. The van der Waals surface area contributed by atoms with Crippen molar-refractivity contribution in [1.82, 2.24) is 9.97 Å². The maximum Gasteiger partial charge on any atom is 0.304 e. The second-order valence-corrected chi connectivity index (χ2v) is 4.41. The number of ether oxygens (including phenoxy) is 1. The standard InChI is InChI=1S/C14H16N2O3/c1-9(6-13(17)18)14-15-8-12(16-14)10-4-3-5-11(7-10)19-2/h3-5,7-9H,6H2,1-2H3,(H,15,16)(H,17,18). The fourth-order valence-corrected chi connectivity index (χ4v) is 1.88. The van der Waals surface area contributed by atoms with Gasteiger partial charge in [0, 0.05) is 11.5 Å². The SMILES string of the molecule is COc1cccc(-c2cnc(C(C)CC(=O)O)[nH]2)c1. The summed E-state index contributed by atoms with van der Waals surface area (Å²) in [6, 6.07) is 7.62. The second kappa shape index (κ2) is 5.56. The van der Waals surface area contributed by atoms with Crippen LogP contribution in [0, 0.1) is 0 Å². The molecular formula is C14H16N2O3. The Labute approximate surface area is 111 Å². The van der Waals surface area contributed by atoms with Crippen LogP contribution in [0.5, 0.6) is 5.75 Å². The fourth-order valence-electron chi connectivity index (χ4n) is 1.88. The molecule has 5 nitrogen and oxygen atoms in total. The van der Waals surface area contributed by atoms with E-state index in [4.69, 9.17) is 9.84 Å². The van der Waals surface area contributed by atoms with Gasteiger partial charge in [0.1, 0.15) is 11.6 Å². The minimum Gasteiger partial charge on any atom is -0.497 e. The largest absolute Gasteiger partial charge is 0.497 e. The minimum absolute atomic E-state index is 0.0606. The molecule has 1 heterocycles. The number of nitrogens with zero attached hydrogens (tertiary/aromatic N) is 1. The van der Waals surface area contributed by atoms with Crippen LogP contribution in [0.2, 0.25) is 0 Å². The zero-order chi connectivity index (χ0) is 13.8. The highest BCUT2D eigenvalue weighted by atomic mass is 16.5. The Morgan fingerprint density at radius 3 is 3.00 bits per heavy atom. The van der Waals surface area contributed by atoms with Crippen LogP contribution >= 0.6 is 0 Å². The van der Waals surface area contributed by atoms with Crippen molar-refractivity contribution >= 4 is 5.97 Å². The van der Waals surface area contributed by atoms with E-state index >= 15 is 0 Å². The summed E-state index contributed by atoms with van der Waals surface area (Å²) < 4.78 is 5.17. The van der Waals surface area contributed by atoms with Gasteiger partial charge in [-0.15, -0.1) is 0 Å². The number of nitrogens with one attached hydrogen (secondary N) is 1. The summed E-state index contributed by atoms with van der Waals surface area (Å²) in [6.45, 7) is 1.84. The van der Waals surface area contributed by atoms with Gasteiger partial charge in [-0.1, -0.05) is 19.1 Å². The number of aromatic nitrogens is 2. The number of hydrogen-bond donors (Lipinski definition) is 2. The highest BCUT2D eigenvalue weighted by molar-refractivity contribution is 5.68. The topological polar surface area (TPSA) is 75.2 Å². The molecule has 1 atom stereocenters. The van der Waals surface area contributed by atoms with Crippen LogP contribution in [0.3, 0.4) is 0 Å². The van der Waals surface area contributed by atoms with Gasteiger partial charge in [0.15, 0.2) is 0 Å². The third-order valence-corrected chi connectivity index (χ3v) is 2.92. The number of aromatic amines is 1. The van der Waals surface area contributed by atoms with Crippen LogP contribution in [-0.4, -0.2) is 28.2 Å². The molecule has 0 aliphatic carbocycles. The van der Waals surface area contributed by atoms with Crippen LogP contribution in [0.4, 0.5) is 0 Å². The van der Waals surface area contributed by atoms with E-state index in [0.29, 0.717) is 5.82 Å². The lowest BCUT2D eigenvalue weighted by atomic mass is 10.1. The van der Waals surface area contributed by atoms with Gasteiger partial charge in [0.05, 0.1) is 25.4 Å². The van der Waals surface area contributed by atoms with Crippen LogP contribution < -0.4 is 4.74 Å². The first-order valence-electron chi connectivity index (χ1n) is 6.01. The van der Waals surface area contributed by atoms with E-state index < -0.39 is 5.97 Å². The molecule has 0 amide bonds. The first kappa shape index (κ1) is 13.1. The summed E-state index contributed by atoms with van der Waals surface area (Å²) >= 11 is 0. The van der Waals surface area contributed by atoms with Crippen LogP contribution in [0.25, 0.3) is 11.3 Å². The quantitative estimate of drug-likeness (QED) is 0.866. The van der Waals surface area contributed by atoms with Gasteiger partial charge in [-0.05, 0) is 12.1 Å². The summed E-state index contributed by atoms with van der Waals surface area (Å²) in [6.07, 6.45) is 1.77. The molecule has 0 saturated heterocycles. The Kier molecular flexibility index (Phi) is 3.85. The number of carboxylic acid groups (broad SMARTS) is 1. The van der Waals surface area contributed by atoms with Crippen molar-refractivity contribution < 1.29 is 14.6 Å². The lowest BCUT2D eigenvalue weighted by Gasteiger charge is -2.05. The zero-order valence-corrected chi connectivity index (χ0v) is 10.9. The van der Waals surface area contributed by atoms with Crippen molar-refractivity contribution in [1.29, 1.82) is 0 Å². The monoisotopic (exact) mass is 260 g/mol. The van der Waals surface area contributed by atoms with E-state index in [9.17, 15) is 4.79 Å². The molecule has 0 saturated carbocycles. The van der Waals surface area contributed by atoms with Gasteiger partial charge < -0.3 is 14.8 Å². The molecule has 0 aliphatic rings. The van der Waals surface area contributed by atoms with Crippen molar-refractivity contribution in [3.8, 4) is 17.0 Å². The zero-order valence-electron chi connectivity index (χ0n) is 10.9. The lowest BCUT2D eigenvalue weighted by molar-refractivity contribution is -0.137. The summed E-state index contributed by atoms with van der Waals surface area (Å²) in [5, 5.41) is 8.78. The number of methoxy groups -OCH3 is 1. The van der Waals surface area contributed by atoms with Gasteiger partial charge in [-0.3, -0.25) is 4.79 Å². The van der Waals surface area contributed by atoms with Crippen molar-refractivity contribution in [2.75, 3.05) is 7.11 Å². The van der Waals surface area contributed by atoms with E-state index in [1.165, 1.54) is 0 Å². The maximum absolute atomic E-state index is 10.7. The molecule has 0 fully saturated rings. The summed E-state index contributed by atoms with van der Waals surface area (Å²) in [7, 11) is 1.62. The minimum atomic E-state index is -0.827. The van der Waals surface area contributed by atoms with Gasteiger partial charge in [-0.2, -0.15) is 0 Å². The number of hydrogen-bond acceptors (Lipinski definition) is 3. The van der Waals surface area contributed by atoms with Crippen molar-refractivity contribution in [2.45, 2.75) is 19.3 Å². The molecule has 1 unspecified atom stereocenters. The molecule has 2 rings (SSSR count). The number of rotatable bonds is 5. The highest BCUT2D eigenvalue weighted by Crippen LogP contribution is 2.24. The third-order valence-electron chi connectivity index (χ3n) is 2.92. The predicted octanol–water partition coefficient (Wildman–Crippen LogP) is 2.66. The maximum atomic E-state index is 10.7. The number of imidazole rings is 1. The van der Waals surface area contributed by atoms with Crippen LogP contribution in [-0.2, 0) is 4.79 Å². The number of carbonyl (C=O) groups is 1. The Bertz CT molecular complexity index is 578. The molecule has 0 spiro atoms. The number of H-pyrrole nitrogens is 1. The van der Waals surface area contributed by atoms with Crippen molar-refractivity contribution in [2.24, 2.45) is 0 Å². The van der Waals surface area contributed by atoms with E-state index in [1.807, 2.05) is 31.2 Å². The van der Waals surface area contributed by atoms with Gasteiger partial charge in [-0.25, -0.2) is 4.98 Å². The Hall–Kier alpha value is -2.30. The van der Waals surface area contributed by atoms with Gasteiger partial charge in [0.25, 0.3) is 0 Å². The molecule has 5 heteroatoms. The summed E-state index contributed by atoms with van der Waals surface area (Å²) in [5.41, 5.74) is 1.81. The molecule has 1 aromatic heterocycles. The molecule has 0 aliphatic heterocycles. The first-order chi connectivity index (χ1) is 9.10. The first-order valence-corrected chi connectivity index (χ1v) is 6.01. The van der Waals surface area contributed by atoms with Crippen molar-refractivity contribution in [3.05, 3.63) is 36.3 Å². The molecule has 1 aromatic carbocycles. The number of aliphatic carboxylic acids is 1. The average molecular weight is 260 g/mol. The molecule has 19 heavy (non-hydrogen) atoms. The van der Waals surface area contributed by atoms with E-state index in [-0.39, 0.29) is 12.3 Å². The Morgan fingerprint density at radius 2 is 2.32 bits per heavy atom. The third kappa shape index (κ3) is 3.13. The normalized spacial score (nSPS) is 12.1. The van der Waals surface area contributed by atoms with Gasteiger partial charge in [0.2, 0.25) is 0 Å². The Morgan fingerprint density at radius 1 is 1.53 bits per heavy atom. The van der Waals surface area contributed by atoms with Crippen LogP contribution in [0.1, 0.15) is 25.1 Å². The Balaban J connectivity index is 2.22. The van der Waals surface area contributed by atoms with Gasteiger partial charge >= 0.3 is 5.97 Å². The number of benzene rings is 1. The van der Waals surface area contributed by atoms with E-state index in [0.717, 1.165) is 17.0 Å². The van der Waals surface area contributed by atoms with Crippen molar-refractivity contribution in [3.63, 3.8) is 0 Å². The summed E-state index contributed by atoms with van der Waals surface area (Å²) in [5.74, 6) is 0.483. The fraction of sp³-hybridized carbons (Fsp3) is 0.286. The van der Waals surface area contributed by atoms with E-state index in [1.54, 1.807) is 13.3 Å². The molecule has 0 radical (unpaired) electrons. The highest BCUT2D eigenvalue weighted by Gasteiger charge is 2.14. The molecular weight excluding hydrogens is 244 g/mol. The summed E-state index contributed by atoms with van der Waals surface area (Å²) in [4.78, 5) is 18.1. The molecule has 2 N–H and O–H groups in total. The molecule has 0 bridgehead atoms. The predicted molar refractivity (Wildman–Crippen MR) is 71.2 cm³/mol.